The van der Waals surface area contributed by atoms with Crippen molar-refractivity contribution in [2.45, 2.75) is 58.5 Å². The third kappa shape index (κ3) is 3.71. The lowest BCUT2D eigenvalue weighted by Gasteiger charge is -2.47. The van der Waals surface area contributed by atoms with Crippen molar-refractivity contribution in [2.24, 2.45) is 11.8 Å². The predicted molar refractivity (Wildman–Crippen MR) is 69.8 cm³/mol. The zero-order valence-corrected chi connectivity index (χ0v) is 12.0. The average molecular weight is 252 g/mol. The van der Waals surface area contributed by atoms with E-state index in [1.54, 1.807) is 6.92 Å². The molecule has 4 nitrogen and oxygen atoms in total. The summed E-state index contributed by atoms with van der Waals surface area (Å²) in [4.78, 5) is 11.8. The van der Waals surface area contributed by atoms with Crippen LogP contribution in [-0.2, 0) is 9.53 Å². The van der Waals surface area contributed by atoms with Gasteiger partial charge < -0.3 is 10.1 Å². The van der Waals surface area contributed by atoms with Gasteiger partial charge in [0.05, 0.1) is 12.7 Å². The molecule has 102 valence electrons. The molecule has 1 saturated heterocycles. The Morgan fingerprint density at radius 1 is 1.39 bits per heavy atom. The van der Waals surface area contributed by atoms with Crippen molar-refractivity contribution in [3.05, 3.63) is 0 Å². The Labute approximate surface area is 110 Å². The maximum Gasteiger partial charge on any atom is 0.323 e. The van der Waals surface area contributed by atoms with E-state index in [2.05, 4.69) is 39.1 Å². The number of ether oxygens (including phenoxy) is 1. The van der Waals surface area contributed by atoms with Crippen LogP contribution < -0.4 is 5.32 Å². The van der Waals surface area contributed by atoms with Crippen LogP contribution in [0.1, 0.15) is 47.5 Å². The van der Waals surface area contributed by atoms with E-state index in [4.69, 9.17) is 4.74 Å². The standard InChI is InChI=1S/C14H24N2O2/c1-6-18-12(17)11(9-15)10-7-13(2,3)16-14(4,5)8-10/h10-11,16H,6-8H2,1-5H3. The van der Waals surface area contributed by atoms with Crippen molar-refractivity contribution in [3.63, 3.8) is 0 Å². The Bertz CT molecular complexity index is 339. The van der Waals surface area contributed by atoms with E-state index >= 15 is 0 Å². The van der Waals surface area contributed by atoms with Gasteiger partial charge in [0.15, 0.2) is 0 Å². The van der Waals surface area contributed by atoms with Crippen molar-refractivity contribution in [2.75, 3.05) is 6.61 Å². The molecule has 0 aromatic carbocycles. The summed E-state index contributed by atoms with van der Waals surface area (Å²) in [5, 5.41) is 12.8. The largest absolute Gasteiger partial charge is 0.465 e. The first-order valence-electron chi connectivity index (χ1n) is 6.56. The minimum atomic E-state index is -0.648. The number of carbonyl (C=O) groups is 1. The maximum absolute atomic E-state index is 11.8. The first kappa shape index (κ1) is 15.0. The van der Waals surface area contributed by atoms with Crippen molar-refractivity contribution >= 4 is 5.97 Å². The molecule has 0 aromatic rings. The quantitative estimate of drug-likeness (QED) is 0.782. The fraction of sp³-hybridized carbons (Fsp3) is 0.857. The molecule has 0 saturated carbocycles. The Morgan fingerprint density at radius 2 is 1.89 bits per heavy atom. The smallest absolute Gasteiger partial charge is 0.323 e. The number of piperidine rings is 1. The van der Waals surface area contributed by atoms with Gasteiger partial charge in [-0.2, -0.15) is 5.26 Å². The number of hydrogen-bond donors (Lipinski definition) is 1. The summed E-state index contributed by atoms with van der Waals surface area (Å²) >= 11 is 0. The Morgan fingerprint density at radius 3 is 2.28 bits per heavy atom. The highest BCUT2D eigenvalue weighted by atomic mass is 16.5. The molecular weight excluding hydrogens is 228 g/mol. The lowest BCUT2D eigenvalue weighted by molar-refractivity contribution is -0.148. The molecule has 1 unspecified atom stereocenters. The van der Waals surface area contributed by atoms with E-state index in [1.165, 1.54) is 0 Å². The second-order valence-electron chi connectivity index (χ2n) is 6.42. The van der Waals surface area contributed by atoms with Crippen LogP contribution in [0.2, 0.25) is 0 Å². The normalized spacial score (nSPS) is 24.0. The number of esters is 1. The molecule has 1 atom stereocenters. The summed E-state index contributed by atoms with van der Waals surface area (Å²) in [6.45, 7) is 10.5. The molecule has 1 rings (SSSR count). The van der Waals surface area contributed by atoms with Crippen molar-refractivity contribution in [3.8, 4) is 6.07 Å². The number of nitriles is 1. The molecule has 0 radical (unpaired) electrons. The molecular formula is C14H24N2O2. The molecule has 0 aromatic heterocycles. The van der Waals surface area contributed by atoms with E-state index in [0.29, 0.717) is 6.61 Å². The molecule has 1 fully saturated rings. The molecule has 1 aliphatic rings. The predicted octanol–water partition coefficient (Wildman–Crippen LogP) is 2.25. The van der Waals surface area contributed by atoms with Crippen molar-refractivity contribution < 1.29 is 9.53 Å². The SMILES string of the molecule is CCOC(=O)C(C#N)C1CC(C)(C)NC(C)(C)C1. The molecule has 18 heavy (non-hydrogen) atoms. The van der Waals surface area contributed by atoms with E-state index in [1.807, 2.05) is 0 Å². The van der Waals surface area contributed by atoms with E-state index in [9.17, 15) is 10.1 Å². The van der Waals surface area contributed by atoms with Crippen LogP contribution in [0, 0.1) is 23.2 Å². The van der Waals surface area contributed by atoms with Gasteiger partial charge in [-0.05, 0) is 53.4 Å². The summed E-state index contributed by atoms with van der Waals surface area (Å²) in [6.07, 6.45) is 1.63. The van der Waals surface area contributed by atoms with E-state index in [-0.39, 0.29) is 23.0 Å². The number of hydrogen-bond acceptors (Lipinski definition) is 4. The lowest BCUT2D eigenvalue weighted by Crippen LogP contribution is -2.59. The summed E-state index contributed by atoms with van der Waals surface area (Å²) in [7, 11) is 0. The summed E-state index contributed by atoms with van der Waals surface area (Å²) in [5.74, 6) is -0.968. The third-order valence-corrected chi connectivity index (χ3v) is 3.37. The molecule has 1 aliphatic heterocycles. The number of nitrogens with one attached hydrogen (secondary N) is 1. The second-order valence-corrected chi connectivity index (χ2v) is 6.42. The van der Waals surface area contributed by atoms with Crippen molar-refractivity contribution in [1.29, 1.82) is 5.26 Å². The maximum atomic E-state index is 11.8. The van der Waals surface area contributed by atoms with Crippen LogP contribution in [0.25, 0.3) is 0 Å². The van der Waals surface area contributed by atoms with Crippen LogP contribution in [0.3, 0.4) is 0 Å². The molecule has 1 N–H and O–H groups in total. The highest BCUT2D eigenvalue weighted by molar-refractivity contribution is 5.75. The Hall–Kier alpha value is -1.08. The number of carbonyl (C=O) groups excluding carboxylic acids is 1. The Balaban J connectivity index is 2.87. The number of nitrogens with zero attached hydrogens (tertiary/aromatic N) is 1. The zero-order chi connectivity index (χ0) is 14.0. The van der Waals surface area contributed by atoms with Gasteiger partial charge in [0.25, 0.3) is 0 Å². The molecule has 0 aliphatic carbocycles. The van der Waals surface area contributed by atoms with Gasteiger partial charge in [-0.1, -0.05) is 0 Å². The van der Waals surface area contributed by atoms with Crippen LogP contribution in [0.4, 0.5) is 0 Å². The van der Waals surface area contributed by atoms with Crippen molar-refractivity contribution in [1.82, 2.24) is 5.32 Å². The summed E-state index contributed by atoms with van der Waals surface area (Å²) < 4.78 is 5.00. The van der Waals surface area contributed by atoms with Gasteiger partial charge in [-0.3, -0.25) is 4.79 Å². The highest BCUT2D eigenvalue weighted by Crippen LogP contribution is 2.37. The van der Waals surface area contributed by atoms with Gasteiger partial charge >= 0.3 is 5.97 Å². The lowest BCUT2D eigenvalue weighted by atomic mass is 9.71. The molecule has 0 bridgehead atoms. The van der Waals surface area contributed by atoms with Gasteiger partial charge in [0, 0.05) is 11.1 Å². The fourth-order valence-electron chi connectivity index (χ4n) is 3.22. The average Bonchev–Trinajstić information content (AvgIpc) is 2.13. The minimum absolute atomic E-state index is 0.0558. The van der Waals surface area contributed by atoms with Crippen LogP contribution in [0.5, 0.6) is 0 Å². The first-order valence-corrected chi connectivity index (χ1v) is 6.56. The van der Waals surface area contributed by atoms with Crippen LogP contribution in [-0.4, -0.2) is 23.7 Å². The van der Waals surface area contributed by atoms with Crippen LogP contribution in [0.15, 0.2) is 0 Å². The molecule has 0 amide bonds. The highest BCUT2D eigenvalue weighted by Gasteiger charge is 2.43. The van der Waals surface area contributed by atoms with Gasteiger partial charge in [-0.15, -0.1) is 0 Å². The topological polar surface area (TPSA) is 62.1 Å². The summed E-state index contributed by atoms with van der Waals surface area (Å²) in [6, 6.07) is 2.13. The Kier molecular flexibility index (Phi) is 4.39. The van der Waals surface area contributed by atoms with Gasteiger partial charge in [0.1, 0.15) is 5.92 Å². The fourth-order valence-corrected chi connectivity index (χ4v) is 3.22. The molecule has 0 spiro atoms. The molecule has 4 heteroatoms. The monoisotopic (exact) mass is 252 g/mol. The van der Waals surface area contributed by atoms with Crippen LogP contribution >= 0.6 is 0 Å². The zero-order valence-electron chi connectivity index (χ0n) is 12.0. The minimum Gasteiger partial charge on any atom is -0.465 e. The second kappa shape index (κ2) is 5.27. The third-order valence-electron chi connectivity index (χ3n) is 3.37. The van der Waals surface area contributed by atoms with E-state index in [0.717, 1.165) is 12.8 Å². The first-order chi connectivity index (χ1) is 8.21. The number of rotatable bonds is 3. The summed E-state index contributed by atoms with van der Waals surface area (Å²) in [5.41, 5.74) is -0.123. The van der Waals surface area contributed by atoms with Gasteiger partial charge in [0.2, 0.25) is 0 Å². The van der Waals surface area contributed by atoms with E-state index < -0.39 is 5.92 Å². The molecule has 1 heterocycles. The van der Waals surface area contributed by atoms with Gasteiger partial charge in [-0.25, -0.2) is 0 Å².